The molecule has 1 aromatic carbocycles. The number of aromatic nitrogens is 1. The van der Waals surface area contributed by atoms with Crippen molar-refractivity contribution in [1.82, 2.24) is 4.98 Å². The third-order valence-electron chi connectivity index (χ3n) is 3.20. The van der Waals surface area contributed by atoms with Crippen LogP contribution in [0, 0.1) is 6.92 Å². The SMILES string of the molecule is CCc1c(C(=O)O)c(=O)[nH]c2c(C)cc(OC)cc12. The van der Waals surface area contributed by atoms with Crippen molar-refractivity contribution in [3.05, 3.63) is 39.2 Å². The van der Waals surface area contributed by atoms with Crippen LogP contribution in [0.1, 0.15) is 28.4 Å². The molecule has 0 amide bonds. The third kappa shape index (κ3) is 2.07. The van der Waals surface area contributed by atoms with E-state index in [1.54, 1.807) is 19.2 Å². The van der Waals surface area contributed by atoms with Gasteiger partial charge in [-0.05, 0) is 36.6 Å². The number of aryl methyl sites for hydroxylation is 2. The molecular formula is C14H15NO4. The Labute approximate surface area is 109 Å². The molecule has 0 saturated carbocycles. The number of pyridine rings is 1. The van der Waals surface area contributed by atoms with Crippen LogP contribution >= 0.6 is 0 Å². The first-order valence-electron chi connectivity index (χ1n) is 5.96. The van der Waals surface area contributed by atoms with Gasteiger partial charge in [-0.15, -0.1) is 0 Å². The van der Waals surface area contributed by atoms with Crippen LogP contribution in [0.15, 0.2) is 16.9 Å². The number of carboxylic acids is 1. The van der Waals surface area contributed by atoms with E-state index in [-0.39, 0.29) is 5.56 Å². The van der Waals surface area contributed by atoms with Crippen LogP contribution < -0.4 is 10.3 Å². The molecule has 0 fully saturated rings. The summed E-state index contributed by atoms with van der Waals surface area (Å²) in [7, 11) is 1.55. The lowest BCUT2D eigenvalue weighted by Crippen LogP contribution is -2.21. The minimum Gasteiger partial charge on any atom is -0.497 e. The van der Waals surface area contributed by atoms with E-state index in [1.807, 2.05) is 13.8 Å². The molecule has 0 saturated heterocycles. The topological polar surface area (TPSA) is 79.4 Å². The fourth-order valence-corrected chi connectivity index (χ4v) is 2.32. The summed E-state index contributed by atoms with van der Waals surface area (Å²) >= 11 is 0. The van der Waals surface area contributed by atoms with Crippen LogP contribution in [0.25, 0.3) is 10.9 Å². The summed E-state index contributed by atoms with van der Waals surface area (Å²) in [5, 5.41) is 9.90. The summed E-state index contributed by atoms with van der Waals surface area (Å²) in [5.74, 6) is -0.566. The maximum Gasteiger partial charge on any atom is 0.341 e. The molecule has 2 aromatic rings. The van der Waals surface area contributed by atoms with Gasteiger partial charge in [-0.25, -0.2) is 4.79 Å². The first-order valence-corrected chi connectivity index (χ1v) is 5.96. The van der Waals surface area contributed by atoms with Gasteiger partial charge in [-0.3, -0.25) is 4.79 Å². The summed E-state index contributed by atoms with van der Waals surface area (Å²) in [6.07, 6.45) is 0.467. The maximum atomic E-state index is 11.9. The second-order valence-corrected chi connectivity index (χ2v) is 4.33. The summed E-state index contributed by atoms with van der Waals surface area (Å²) in [4.78, 5) is 25.8. The van der Waals surface area contributed by atoms with E-state index in [4.69, 9.17) is 4.74 Å². The van der Waals surface area contributed by atoms with Crippen molar-refractivity contribution < 1.29 is 14.6 Å². The van der Waals surface area contributed by atoms with E-state index >= 15 is 0 Å². The molecule has 0 spiro atoms. The number of nitrogens with one attached hydrogen (secondary N) is 1. The molecule has 0 aliphatic carbocycles. The fraction of sp³-hybridized carbons (Fsp3) is 0.286. The van der Waals surface area contributed by atoms with Gasteiger partial charge < -0.3 is 14.8 Å². The number of carbonyl (C=O) groups is 1. The average Bonchev–Trinajstić information content (AvgIpc) is 2.37. The predicted octanol–water partition coefficient (Wildman–Crippen LogP) is 2.11. The van der Waals surface area contributed by atoms with Crippen molar-refractivity contribution in [2.24, 2.45) is 0 Å². The van der Waals surface area contributed by atoms with Crippen LogP contribution in [0.4, 0.5) is 0 Å². The number of aromatic amines is 1. The van der Waals surface area contributed by atoms with Gasteiger partial charge in [0.05, 0.1) is 12.6 Å². The zero-order chi connectivity index (χ0) is 14.2. The molecule has 0 radical (unpaired) electrons. The quantitative estimate of drug-likeness (QED) is 0.886. The number of fused-ring (bicyclic) bond motifs is 1. The largest absolute Gasteiger partial charge is 0.497 e. The molecule has 5 heteroatoms. The van der Waals surface area contributed by atoms with Crippen molar-refractivity contribution in [1.29, 1.82) is 0 Å². The number of H-pyrrole nitrogens is 1. The van der Waals surface area contributed by atoms with Gasteiger partial charge in [0.1, 0.15) is 11.3 Å². The lowest BCUT2D eigenvalue weighted by Gasteiger charge is -2.11. The van der Waals surface area contributed by atoms with Crippen molar-refractivity contribution in [2.75, 3.05) is 7.11 Å². The Hall–Kier alpha value is -2.30. The summed E-state index contributed by atoms with van der Waals surface area (Å²) in [6.45, 7) is 3.68. The third-order valence-corrected chi connectivity index (χ3v) is 3.20. The zero-order valence-electron chi connectivity index (χ0n) is 11.0. The maximum absolute atomic E-state index is 11.9. The van der Waals surface area contributed by atoms with Crippen molar-refractivity contribution >= 4 is 16.9 Å². The molecule has 0 atom stereocenters. The van der Waals surface area contributed by atoms with Crippen molar-refractivity contribution in [2.45, 2.75) is 20.3 Å². The molecule has 1 aromatic heterocycles. The molecular weight excluding hydrogens is 246 g/mol. The van der Waals surface area contributed by atoms with Gasteiger partial charge in [0.2, 0.25) is 0 Å². The van der Waals surface area contributed by atoms with Crippen LogP contribution in [0.2, 0.25) is 0 Å². The smallest absolute Gasteiger partial charge is 0.341 e. The highest BCUT2D eigenvalue weighted by atomic mass is 16.5. The van der Waals surface area contributed by atoms with Gasteiger partial charge in [0, 0.05) is 5.39 Å². The predicted molar refractivity (Wildman–Crippen MR) is 72.2 cm³/mol. The Bertz CT molecular complexity index is 715. The average molecular weight is 261 g/mol. The highest BCUT2D eigenvalue weighted by Crippen LogP contribution is 2.27. The van der Waals surface area contributed by atoms with E-state index in [2.05, 4.69) is 4.98 Å². The Kier molecular flexibility index (Phi) is 3.29. The Morgan fingerprint density at radius 2 is 2.11 bits per heavy atom. The summed E-state index contributed by atoms with van der Waals surface area (Å²) in [6, 6.07) is 3.56. The Morgan fingerprint density at radius 3 is 2.63 bits per heavy atom. The Morgan fingerprint density at radius 1 is 1.42 bits per heavy atom. The number of methoxy groups -OCH3 is 1. The number of aromatic carboxylic acids is 1. The molecule has 0 aliphatic heterocycles. The lowest BCUT2D eigenvalue weighted by molar-refractivity contribution is 0.0694. The summed E-state index contributed by atoms with van der Waals surface area (Å²) < 4.78 is 5.19. The Balaban J connectivity index is 2.99. The van der Waals surface area contributed by atoms with E-state index in [1.165, 1.54) is 0 Å². The molecule has 100 valence electrons. The van der Waals surface area contributed by atoms with E-state index < -0.39 is 11.5 Å². The van der Waals surface area contributed by atoms with Crippen LogP contribution in [-0.2, 0) is 6.42 Å². The standard InChI is InChI=1S/C14H15NO4/c1-4-9-10-6-8(19-3)5-7(2)12(10)15-13(16)11(9)14(17)18/h5-6H,4H2,1-3H3,(H,15,16)(H,17,18). The van der Waals surface area contributed by atoms with E-state index in [0.717, 1.165) is 10.9 Å². The molecule has 2 N–H and O–H groups in total. The first-order chi connectivity index (χ1) is 8.99. The van der Waals surface area contributed by atoms with Gasteiger partial charge in [0.15, 0.2) is 0 Å². The number of ether oxygens (including phenoxy) is 1. The molecule has 0 unspecified atom stereocenters. The minimum absolute atomic E-state index is 0.192. The van der Waals surface area contributed by atoms with Gasteiger partial charge in [-0.1, -0.05) is 6.92 Å². The van der Waals surface area contributed by atoms with Crippen LogP contribution in [-0.4, -0.2) is 23.2 Å². The van der Waals surface area contributed by atoms with Gasteiger partial charge >= 0.3 is 5.97 Å². The van der Waals surface area contributed by atoms with E-state index in [9.17, 15) is 14.7 Å². The zero-order valence-corrected chi connectivity index (χ0v) is 11.0. The molecule has 5 nitrogen and oxygen atoms in total. The first kappa shape index (κ1) is 13.1. The summed E-state index contributed by atoms with van der Waals surface area (Å²) in [5.41, 5.74) is 1.28. The molecule has 1 heterocycles. The molecule has 0 bridgehead atoms. The van der Waals surface area contributed by atoms with Crippen molar-refractivity contribution in [3.8, 4) is 5.75 Å². The number of rotatable bonds is 3. The molecule has 0 aliphatic rings. The minimum atomic E-state index is -1.21. The van der Waals surface area contributed by atoms with Gasteiger partial charge in [0.25, 0.3) is 5.56 Å². The lowest BCUT2D eigenvalue weighted by atomic mass is 9.99. The van der Waals surface area contributed by atoms with Crippen LogP contribution in [0.3, 0.4) is 0 Å². The molecule has 19 heavy (non-hydrogen) atoms. The monoisotopic (exact) mass is 261 g/mol. The number of hydrogen-bond acceptors (Lipinski definition) is 3. The highest BCUT2D eigenvalue weighted by molar-refractivity contribution is 5.97. The highest BCUT2D eigenvalue weighted by Gasteiger charge is 2.18. The number of benzene rings is 1. The van der Waals surface area contributed by atoms with Gasteiger partial charge in [-0.2, -0.15) is 0 Å². The fourth-order valence-electron chi connectivity index (χ4n) is 2.32. The number of carboxylic acid groups (broad SMARTS) is 1. The number of hydrogen-bond donors (Lipinski definition) is 2. The van der Waals surface area contributed by atoms with Crippen molar-refractivity contribution in [3.63, 3.8) is 0 Å². The second kappa shape index (κ2) is 4.76. The van der Waals surface area contributed by atoms with E-state index in [0.29, 0.717) is 23.3 Å². The second-order valence-electron chi connectivity index (χ2n) is 4.33. The molecule has 2 rings (SSSR count). The normalized spacial score (nSPS) is 10.7. The van der Waals surface area contributed by atoms with Crippen LogP contribution in [0.5, 0.6) is 5.75 Å².